The number of hydrogen-bond donors (Lipinski definition) is 0. The van der Waals surface area contributed by atoms with Gasteiger partial charge in [0, 0.05) is 5.69 Å². The molecule has 0 aliphatic heterocycles. The highest BCUT2D eigenvalue weighted by atomic mass is 15.1. The SMILES string of the molecule is C1=CCC(c2nc3ccccc3n2-c2ccccc2)=C1. The molecule has 0 amide bonds. The fourth-order valence-corrected chi connectivity index (χ4v) is 2.69. The van der Waals surface area contributed by atoms with E-state index in [9.17, 15) is 0 Å². The summed E-state index contributed by atoms with van der Waals surface area (Å²) in [5, 5.41) is 0. The molecular weight excluding hydrogens is 244 g/mol. The molecule has 3 aromatic rings. The van der Waals surface area contributed by atoms with Gasteiger partial charge < -0.3 is 0 Å². The highest BCUT2D eigenvalue weighted by Crippen LogP contribution is 2.29. The van der Waals surface area contributed by atoms with Crippen LogP contribution in [0.5, 0.6) is 0 Å². The van der Waals surface area contributed by atoms with E-state index in [0.717, 1.165) is 29.0 Å². The molecule has 0 spiro atoms. The van der Waals surface area contributed by atoms with Crippen LogP contribution in [0.1, 0.15) is 12.2 Å². The number of aromatic nitrogens is 2. The summed E-state index contributed by atoms with van der Waals surface area (Å²) in [6, 6.07) is 18.7. The summed E-state index contributed by atoms with van der Waals surface area (Å²) in [6.45, 7) is 0. The predicted molar refractivity (Wildman–Crippen MR) is 82.8 cm³/mol. The maximum absolute atomic E-state index is 4.83. The third-order valence-electron chi connectivity index (χ3n) is 3.63. The Labute approximate surface area is 117 Å². The molecule has 1 aliphatic rings. The van der Waals surface area contributed by atoms with Crippen LogP contribution in [0.15, 0.2) is 72.8 Å². The molecule has 20 heavy (non-hydrogen) atoms. The molecule has 0 bridgehead atoms. The summed E-state index contributed by atoms with van der Waals surface area (Å²) in [5.74, 6) is 1.04. The van der Waals surface area contributed by atoms with E-state index in [0.29, 0.717) is 0 Å². The first-order chi connectivity index (χ1) is 9.93. The van der Waals surface area contributed by atoms with Crippen molar-refractivity contribution in [2.45, 2.75) is 6.42 Å². The summed E-state index contributed by atoms with van der Waals surface area (Å²) in [4.78, 5) is 4.83. The normalized spacial score (nSPS) is 13.9. The van der Waals surface area contributed by atoms with E-state index >= 15 is 0 Å². The van der Waals surface area contributed by atoms with Gasteiger partial charge in [0.05, 0.1) is 11.0 Å². The van der Waals surface area contributed by atoms with Crippen LogP contribution in [0.2, 0.25) is 0 Å². The van der Waals surface area contributed by atoms with Crippen LogP contribution < -0.4 is 0 Å². The highest BCUT2D eigenvalue weighted by molar-refractivity contribution is 5.83. The second kappa shape index (κ2) is 4.49. The molecule has 2 heteroatoms. The quantitative estimate of drug-likeness (QED) is 0.667. The zero-order chi connectivity index (χ0) is 13.4. The number of imidazole rings is 1. The molecule has 96 valence electrons. The second-order valence-electron chi connectivity index (χ2n) is 4.92. The third kappa shape index (κ3) is 1.69. The van der Waals surface area contributed by atoms with E-state index in [2.05, 4.69) is 65.3 Å². The predicted octanol–water partition coefficient (Wildman–Crippen LogP) is 4.37. The van der Waals surface area contributed by atoms with Gasteiger partial charge in [-0.2, -0.15) is 0 Å². The summed E-state index contributed by atoms with van der Waals surface area (Å²) in [5.41, 5.74) is 4.62. The maximum Gasteiger partial charge on any atom is 0.141 e. The molecule has 4 rings (SSSR count). The van der Waals surface area contributed by atoms with Crippen molar-refractivity contribution in [1.82, 2.24) is 9.55 Å². The van der Waals surface area contributed by atoms with Gasteiger partial charge in [0.25, 0.3) is 0 Å². The summed E-state index contributed by atoms with van der Waals surface area (Å²) in [6.07, 6.45) is 7.38. The first kappa shape index (κ1) is 11.2. The van der Waals surface area contributed by atoms with Crippen molar-refractivity contribution >= 4 is 16.6 Å². The van der Waals surface area contributed by atoms with Gasteiger partial charge in [-0.15, -0.1) is 0 Å². The summed E-state index contributed by atoms with van der Waals surface area (Å²) in [7, 11) is 0. The van der Waals surface area contributed by atoms with Gasteiger partial charge in [0.15, 0.2) is 0 Å². The molecule has 2 aromatic carbocycles. The molecule has 2 nitrogen and oxygen atoms in total. The van der Waals surface area contributed by atoms with E-state index < -0.39 is 0 Å². The van der Waals surface area contributed by atoms with Crippen LogP contribution in [0, 0.1) is 0 Å². The van der Waals surface area contributed by atoms with Crippen molar-refractivity contribution in [3.05, 3.63) is 78.6 Å². The summed E-state index contributed by atoms with van der Waals surface area (Å²) < 4.78 is 2.24. The fraction of sp³-hybridized carbons (Fsp3) is 0.0556. The Morgan fingerprint density at radius 1 is 0.900 bits per heavy atom. The Kier molecular flexibility index (Phi) is 2.52. The average molecular weight is 258 g/mol. The standard InChI is InChI=1S/C18H14N2/c1-2-10-15(11-3-1)20-17-13-7-6-12-16(17)19-18(20)14-8-4-5-9-14/h1-8,10-13H,9H2. The number of allylic oxidation sites excluding steroid dienone is 4. The van der Waals surface area contributed by atoms with E-state index in [-0.39, 0.29) is 0 Å². The lowest BCUT2D eigenvalue weighted by molar-refractivity contribution is 1.04. The van der Waals surface area contributed by atoms with Crippen molar-refractivity contribution in [3.8, 4) is 5.69 Å². The molecule has 1 aliphatic carbocycles. The molecular formula is C18H14N2. The molecule has 0 N–H and O–H groups in total. The number of fused-ring (bicyclic) bond motifs is 1. The third-order valence-corrected chi connectivity index (χ3v) is 3.63. The molecule has 0 atom stereocenters. The van der Waals surface area contributed by atoms with E-state index in [1.165, 1.54) is 5.57 Å². The van der Waals surface area contributed by atoms with Crippen LogP contribution in [0.4, 0.5) is 0 Å². The Balaban J connectivity index is 2.03. The molecule has 1 heterocycles. The number of rotatable bonds is 2. The van der Waals surface area contributed by atoms with Crippen molar-refractivity contribution in [3.63, 3.8) is 0 Å². The van der Waals surface area contributed by atoms with Crippen molar-refractivity contribution in [2.75, 3.05) is 0 Å². The number of para-hydroxylation sites is 3. The number of hydrogen-bond acceptors (Lipinski definition) is 1. The average Bonchev–Trinajstić information content (AvgIpc) is 3.15. The largest absolute Gasteiger partial charge is 0.293 e. The van der Waals surface area contributed by atoms with Gasteiger partial charge in [-0.3, -0.25) is 4.57 Å². The van der Waals surface area contributed by atoms with Gasteiger partial charge in [-0.05, 0) is 36.3 Å². The van der Waals surface area contributed by atoms with E-state index in [4.69, 9.17) is 4.98 Å². The van der Waals surface area contributed by atoms with Gasteiger partial charge in [0.1, 0.15) is 5.82 Å². The first-order valence-corrected chi connectivity index (χ1v) is 6.82. The lowest BCUT2D eigenvalue weighted by Gasteiger charge is -2.09. The Morgan fingerprint density at radius 3 is 2.50 bits per heavy atom. The molecule has 0 unspecified atom stereocenters. The second-order valence-corrected chi connectivity index (χ2v) is 4.92. The topological polar surface area (TPSA) is 17.8 Å². The zero-order valence-electron chi connectivity index (χ0n) is 11.0. The first-order valence-electron chi connectivity index (χ1n) is 6.82. The van der Waals surface area contributed by atoms with Crippen LogP contribution in [0.3, 0.4) is 0 Å². The minimum Gasteiger partial charge on any atom is -0.293 e. The monoisotopic (exact) mass is 258 g/mol. The Bertz CT molecular complexity index is 823. The lowest BCUT2D eigenvalue weighted by atomic mass is 10.2. The lowest BCUT2D eigenvalue weighted by Crippen LogP contribution is -1.99. The number of benzene rings is 2. The van der Waals surface area contributed by atoms with Crippen LogP contribution in [0.25, 0.3) is 22.3 Å². The smallest absolute Gasteiger partial charge is 0.141 e. The molecule has 0 saturated heterocycles. The summed E-state index contributed by atoms with van der Waals surface area (Å²) >= 11 is 0. The minimum atomic E-state index is 0.955. The van der Waals surface area contributed by atoms with Crippen molar-refractivity contribution in [2.24, 2.45) is 0 Å². The van der Waals surface area contributed by atoms with Gasteiger partial charge in [0.2, 0.25) is 0 Å². The maximum atomic E-state index is 4.83. The van der Waals surface area contributed by atoms with Crippen molar-refractivity contribution < 1.29 is 0 Å². The van der Waals surface area contributed by atoms with Crippen LogP contribution >= 0.6 is 0 Å². The highest BCUT2D eigenvalue weighted by Gasteiger charge is 2.15. The Morgan fingerprint density at radius 2 is 1.70 bits per heavy atom. The zero-order valence-corrected chi connectivity index (χ0v) is 11.0. The number of nitrogens with zero attached hydrogens (tertiary/aromatic N) is 2. The van der Waals surface area contributed by atoms with Gasteiger partial charge in [-0.25, -0.2) is 4.98 Å². The minimum absolute atomic E-state index is 0.955. The molecule has 0 fully saturated rings. The van der Waals surface area contributed by atoms with Gasteiger partial charge in [-0.1, -0.05) is 48.6 Å². The molecule has 0 saturated carbocycles. The van der Waals surface area contributed by atoms with Crippen molar-refractivity contribution in [1.29, 1.82) is 0 Å². The van der Waals surface area contributed by atoms with E-state index in [1.807, 2.05) is 12.1 Å². The molecule has 0 radical (unpaired) electrons. The van der Waals surface area contributed by atoms with Gasteiger partial charge >= 0.3 is 0 Å². The van der Waals surface area contributed by atoms with E-state index in [1.54, 1.807) is 0 Å². The molecule has 1 aromatic heterocycles. The fourth-order valence-electron chi connectivity index (χ4n) is 2.69. The van der Waals surface area contributed by atoms with Crippen LogP contribution in [-0.2, 0) is 0 Å². The van der Waals surface area contributed by atoms with Crippen LogP contribution in [-0.4, -0.2) is 9.55 Å². The Hall–Kier alpha value is -2.61.